The molecule has 1 fully saturated rings. The van der Waals surface area contributed by atoms with Gasteiger partial charge in [0.25, 0.3) is 0 Å². The first-order chi connectivity index (χ1) is 7.70. The fourth-order valence-electron chi connectivity index (χ4n) is 1.74. The molecule has 1 aromatic heterocycles. The number of hydrogen-bond acceptors (Lipinski definition) is 5. The number of aromatic nitrogens is 2. The van der Waals surface area contributed by atoms with Crippen LogP contribution in [0.3, 0.4) is 0 Å². The van der Waals surface area contributed by atoms with E-state index >= 15 is 0 Å². The molecule has 0 aromatic carbocycles. The Balaban J connectivity index is 1.89. The molecule has 1 aliphatic rings. The number of anilines is 2. The summed E-state index contributed by atoms with van der Waals surface area (Å²) in [4.78, 5) is 7.86. The molecule has 6 heteroatoms. The van der Waals surface area contributed by atoms with E-state index in [0.29, 0.717) is 23.7 Å². The van der Waals surface area contributed by atoms with Gasteiger partial charge in [-0.05, 0) is 19.8 Å². The minimum Gasteiger partial charge on any atom is -0.393 e. The first-order valence-electron chi connectivity index (χ1n) is 5.34. The summed E-state index contributed by atoms with van der Waals surface area (Å²) < 4.78 is 5.47. The molecule has 0 spiro atoms. The molecule has 0 saturated heterocycles. The van der Waals surface area contributed by atoms with Gasteiger partial charge in [-0.3, -0.25) is 0 Å². The van der Waals surface area contributed by atoms with E-state index in [0.717, 1.165) is 19.4 Å². The molecule has 2 rings (SSSR count). The molecule has 1 heterocycles. The Hall–Kier alpha value is -1.07. The first-order valence-corrected chi connectivity index (χ1v) is 5.72. The molecule has 3 N–H and O–H groups in total. The lowest BCUT2D eigenvalue weighted by molar-refractivity contribution is 0.00293. The topological polar surface area (TPSA) is 73.1 Å². The maximum Gasteiger partial charge on any atom is 0.157 e. The number of ether oxygens (including phenoxy) is 1. The molecule has 16 heavy (non-hydrogen) atoms. The summed E-state index contributed by atoms with van der Waals surface area (Å²) in [5.74, 6) is 0.611. The zero-order valence-electron chi connectivity index (χ0n) is 9.11. The van der Waals surface area contributed by atoms with Crippen LogP contribution in [0, 0.1) is 0 Å². The Labute approximate surface area is 99.4 Å². The molecule has 0 radical (unpaired) electrons. The highest BCUT2D eigenvalue weighted by molar-refractivity contribution is 6.32. The first kappa shape index (κ1) is 11.4. The van der Waals surface area contributed by atoms with Gasteiger partial charge in [0.15, 0.2) is 11.0 Å². The van der Waals surface area contributed by atoms with Gasteiger partial charge in [0.2, 0.25) is 0 Å². The number of rotatable bonds is 4. The Kier molecular flexibility index (Phi) is 3.46. The predicted octanol–water partition coefficient (Wildman–Crippen LogP) is 1.69. The lowest BCUT2D eigenvalue weighted by atomic mass is 9.89. The van der Waals surface area contributed by atoms with Crippen LogP contribution in [0.1, 0.15) is 19.8 Å². The average Bonchev–Trinajstić information content (AvgIpc) is 2.21. The molecule has 0 amide bonds. The standard InChI is InChI=1S/C10H15ClN4O/c1-2-16-7-3-6(4-7)15-10-8(12)9(11)13-5-14-10/h5-7H,2-4,12H2,1H3,(H,13,14,15). The summed E-state index contributed by atoms with van der Waals surface area (Å²) in [5, 5.41) is 3.53. The summed E-state index contributed by atoms with van der Waals surface area (Å²) in [6.45, 7) is 2.77. The summed E-state index contributed by atoms with van der Waals surface area (Å²) in [7, 11) is 0. The Bertz CT molecular complexity index is 368. The van der Waals surface area contributed by atoms with Crippen molar-refractivity contribution in [2.45, 2.75) is 31.9 Å². The van der Waals surface area contributed by atoms with Crippen molar-refractivity contribution < 1.29 is 4.74 Å². The van der Waals surface area contributed by atoms with Crippen molar-refractivity contribution in [3.05, 3.63) is 11.5 Å². The fourth-order valence-corrected chi connectivity index (χ4v) is 1.87. The molecule has 88 valence electrons. The lowest BCUT2D eigenvalue weighted by Crippen LogP contribution is -2.41. The highest BCUT2D eigenvalue weighted by Gasteiger charge is 2.30. The van der Waals surface area contributed by atoms with Gasteiger partial charge in [0.05, 0.1) is 6.10 Å². The normalized spacial score (nSPS) is 23.9. The monoisotopic (exact) mass is 242 g/mol. The fraction of sp³-hybridized carbons (Fsp3) is 0.600. The van der Waals surface area contributed by atoms with E-state index in [1.165, 1.54) is 6.33 Å². The number of nitrogens with one attached hydrogen (secondary N) is 1. The molecule has 1 saturated carbocycles. The third-order valence-electron chi connectivity index (χ3n) is 2.67. The minimum absolute atomic E-state index is 0.290. The predicted molar refractivity (Wildman–Crippen MR) is 63.5 cm³/mol. The van der Waals surface area contributed by atoms with Gasteiger partial charge in [-0.1, -0.05) is 11.6 Å². The summed E-state index contributed by atoms with van der Waals surface area (Å²) in [6, 6.07) is 0.366. The second-order valence-electron chi connectivity index (χ2n) is 3.82. The number of nitrogen functional groups attached to an aromatic ring is 1. The summed E-state index contributed by atoms with van der Waals surface area (Å²) in [5.41, 5.74) is 6.16. The van der Waals surface area contributed by atoms with E-state index < -0.39 is 0 Å². The minimum atomic E-state index is 0.290. The molecule has 0 atom stereocenters. The number of nitrogens with two attached hydrogens (primary N) is 1. The van der Waals surface area contributed by atoms with Gasteiger partial charge >= 0.3 is 0 Å². The molecule has 0 aliphatic heterocycles. The second-order valence-corrected chi connectivity index (χ2v) is 4.17. The van der Waals surface area contributed by atoms with Gasteiger partial charge in [-0.15, -0.1) is 0 Å². The molecule has 5 nitrogen and oxygen atoms in total. The van der Waals surface area contributed by atoms with Crippen LogP contribution in [0.5, 0.6) is 0 Å². The van der Waals surface area contributed by atoms with Crippen LogP contribution < -0.4 is 11.1 Å². The van der Waals surface area contributed by atoms with Crippen LogP contribution in [0.2, 0.25) is 5.15 Å². The van der Waals surface area contributed by atoms with E-state index in [1.54, 1.807) is 0 Å². The molecular weight excluding hydrogens is 228 g/mol. The third kappa shape index (κ3) is 2.36. The molecule has 0 bridgehead atoms. The lowest BCUT2D eigenvalue weighted by Gasteiger charge is -2.35. The smallest absolute Gasteiger partial charge is 0.157 e. The van der Waals surface area contributed by atoms with Crippen LogP contribution in [0.15, 0.2) is 6.33 Å². The number of hydrogen-bond donors (Lipinski definition) is 2. The van der Waals surface area contributed by atoms with Crippen LogP contribution in [-0.2, 0) is 4.74 Å². The highest BCUT2D eigenvalue weighted by Crippen LogP contribution is 2.29. The van der Waals surface area contributed by atoms with Crippen molar-refractivity contribution in [1.82, 2.24) is 9.97 Å². The Morgan fingerprint density at radius 1 is 1.56 bits per heavy atom. The highest BCUT2D eigenvalue weighted by atomic mass is 35.5. The van der Waals surface area contributed by atoms with Crippen molar-refractivity contribution in [2.75, 3.05) is 17.7 Å². The van der Waals surface area contributed by atoms with E-state index in [-0.39, 0.29) is 5.15 Å². The summed E-state index contributed by atoms with van der Waals surface area (Å²) in [6.07, 6.45) is 3.73. The number of nitrogens with zero attached hydrogens (tertiary/aromatic N) is 2. The van der Waals surface area contributed by atoms with E-state index in [1.807, 2.05) is 6.92 Å². The molecular formula is C10H15ClN4O. The SMILES string of the molecule is CCOC1CC(Nc2ncnc(Cl)c2N)C1. The Morgan fingerprint density at radius 2 is 2.31 bits per heavy atom. The van der Waals surface area contributed by atoms with Crippen molar-refractivity contribution >= 4 is 23.1 Å². The van der Waals surface area contributed by atoms with Crippen molar-refractivity contribution in [2.24, 2.45) is 0 Å². The molecule has 1 aromatic rings. The van der Waals surface area contributed by atoms with Gasteiger partial charge in [0, 0.05) is 12.6 Å². The van der Waals surface area contributed by atoms with Gasteiger partial charge in [-0.25, -0.2) is 9.97 Å². The van der Waals surface area contributed by atoms with Crippen molar-refractivity contribution in [3.8, 4) is 0 Å². The number of halogens is 1. The largest absolute Gasteiger partial charge is 0.393 e. The van der Waals surface area contributed by atoms with Crippen LogP contribution >= 0.6 is 11.6 Å². The van der Waals surface area contributed by atoms with Crippen LogP contribution in [0.25, 0.3) is 0 Å². The zero-order valence-corrected chi connectivity index (χ0v) is 9.87. The second kappa shape index (κ2) is 4.84. The van der Waals surface area contributed by atoms with Crippen molar-refractivity contribution in [1.29, 1.82) is 0 Å². The van der Waals surface area contributed by atoms with Gasteiger partial charge in [0.1, 0.15) is 12.0 Å². The third-order valence-corrected chi connectivity index (χ3v) is 2.97. The van der Waals surface area contributed by atoms with Crippen LogP contribution in [-0.4, -0.2) is 28.7 Å². The van der Waals surface area contributed by atoms with Crippen molar-refractivity contribution in [3.63, 3.8) is 0 Å². The van der Waals surface area contributed by atoms with Crippen LogP contribution in [0.4, 0.5) is 11.5 Å². The zero-order chi connectivity index (χ0) is 11.5. The maximum atomic E-state index is 5.80. The molecule has 1 aliphatic carbocycles. The maximum absolute atomic E-state index is 5.80. The average molecular weight is 243 g/mol. The van der Waals surface area contributed by atoms with E-state index in [2.05, 4.69) is 15.3 Å². The summed E-state index contributed by atoms with van der Waals surface area (Å²) >= 11 is 5.80. The van der Waals surface area contributed by atoms with E-state index in [9.17, 15) is 0 Å². The van der Waals surface area contributed by atoms with E-state index in [4.69, 9.17) is 22.1 Å². The molecule has 0 unspecified atom stereocenters. The quantitative estimate of drug-likeness (QED) is 0.786. The van der Waals surface area contributed by atoms with Gasteiger partial charge < -0.3 is 15.8 Å². The van der Waals surface area contributed by atoms with Gasteiger partial charge in [-0.2, -0.15) is 0 Å². The Morgan fingerprint density at radius 3 is 3.00 bits per heavy atom.